The molecule has 2 N–H and O–H groups in total. The van der Waals surface area contributed by atoms with Crippen molar-refractivity contribution in [2.45, 2.75) is 76.4 Å². The van der Waals surface area contributed by atoms with Crippen LogP contribution < -0.4 is 5.73 Å². The van der Waals surface area contributed by atoms with Crippen molar-refractivity contribution >= 4 is 6.09 Å². The minimum Gasteiger partial charge on any atom is -0.444 e. The fourth-order valence-electron chi connectivity index (χ4n) is 3.43. The van der Waals surface area contributed by atoms with Gasteiger partial charge in [-0.15, -0.1) is 0 Å². The van der Waals surface area contributed by atoms with E-state index >= 15 is 0 Å². The van der Waals surface area contributed by atoms with E-state index in [1.165, 1.54) is 0 Å². The van der Waals surface area contributed by atoms with Crippen molar-refractivity contribution in [1.29, 1.82) is 0 Å². The molecule has 1 saturated carbocycles. The number of alkyl halides is 2. The average Bonchev–Trinajstić information content (AvgIpc) is 2.41. The van der Waals surface area contributed by atoms with Crippen LogP contribution in [0.3, 0.4) is 0 Å². The Morgan fingerprint density at radius 1 is 1.23 bits per heavy atom. The summed E-state index contributed by atoms with van der Waals surface area (Å²) < 4.78 is 32.1. The number of likely N-dealkylation sites (tertiary alicyclic amines) is 1. The first-order valence-electron chi connectivity index (χ1n) is 8.15. The van der Waals surface area contributed by atoms with Gasteiger partial charge in [0, 0.05) is 31.5 Å². The zero-order valence-electron chi connectivity index (χ0n) is 13.8. The highest BCUT2D eigenvalue weighted by molar-refractivity contribution is 5.68. The van der Waals surface area contributed by atoms with Crippen LogP contribution in [0.4, 0.5) is 13.6 Å². The molecule has 128 valence electrons. The van der Waals surface area contributed by atoms with Crippen LogP contribution in [0, 0.1) is 5.92 Å². The Kier molecular flexibility index (Phi) is 4.71. The normalized spacial score (nSPS) is 28.3. The highest BCUT2D eigenvalue weighted by Crippen LogP contribution is 2.42. The largest absolute Gasteiger partial charge is 0.444 e. The molecular weight excluding hydrogens is 290 g/mol. The second-order valence-corrected chi connectivity index (χ2v) is 7.85. The number of hydrogen-bond acceptors (Lipinski definition) is 3. The maximum Gasteiger partial charge on any atom is 0.410 e. The number of nitrogens with two attached hydrogens (primary N) is 1. The predicted molar refractivity (Wildman–Crippen MR) is 80.9 cm³/mol. The van der Waals surface area contributed by atoms with Crippen LogP contribution in [-0.2, 0) is 4.74 Å². The second kappa shape index (κ2) is 5.95. The summed E-state index contributed by atoms with van der Waals surface area (Å²) in [5.74, 6) is -2.51. The van der Waals surface area contributed by atoms with Gasteiger partial charge >= 0.3 is 6.09 Å². The van der Waals surface area contributed by atoms with Crippen molar-refractivity contribution in [2.75, 3.05) is 13.1 Å². The van der Waals surface area contributed by atoms with Crippen molar-refractivity contribution in [3.05, 3.63) is 0 Å². The Morgan fingerprint density at radius 2 is 1.82 bits per heavy atom. The molecule has 0 radical (unpaired) electrons. The molecule has 2 aliphatic rings. The van der Waals surface area contributed by atoms with Gasteiger partial charge in [-0.1, -0.05) is 0 Å². The standard InChI is InChI=1S/C16H28F2N2O2/c1-14(2,3)22-13(21)20-10-4-5-12(11-20)15(19)6-8-16(17,18)9-7-15/h12H,4-11,19H2,1-3H3. The fourth-order valence-corrected chi connectivity index (χ4v) is 3.43. The molecule has 2 rings (SSSR count). The summed E-state index contributed by atoms with van der Waals surface area (Å²) in [5.41, 5.74) is 5.32. The Morgan fingerprint density at radius 3 is 2.36 bits per heavy atom. The molecule has 1 atom stereocenters. The Balaban J connectivity index is 1.97. The summed E-state index contributed by atoms with van der Waals surface area (Å²) in [5, 5.41) is 0. The van der Waals surface area contributed by atoms with E-state index < -0.39 is 17.1 Å². The Bertz CT molecular complexity index is 411. The van der Waals surface area contributed by atoms with Crippen LogP contribution in [0.5, 0.6) is 0 Å². The van der Waals surface area contributed by atoms with E-state index in [0.717, 1.165) is 12.8 Å². The van der Waals surface area contributed by atoms with Gasteiger partial charge in [0.1, 0.15) is 5.60 Å². The molecule has 1 unspecified atom stereocenters. The molecule has 1 heterocycles. The lowest BCUT2D eigenvalue weighted by atomic mass is 9.70. The Hall–Kier alpha value is -0.910. The number of amides is 1. The molecule has 0 aromatic rings. The lowest BCUT2D eigenvalue weighted by Gasteiger charge is -2.46. The first-order chi connectivity index (χ1) is 10.0. The van der Waals surface area contributed by atoms with E-state index in [1.54, 1.807) is 4.90 Å². The maximum atomic E-state index is 13.4. The molecule has 1 aliphatic carbocycles. The second-order valence-electron chi connectivity index (χ2n) is 7.85. The van der Waals surface area contributed by atoms with E-state index in [-0.39, 0.29) is 24.9 Å². The van der Waals surface area contributed by atoms with Gasteiger partial charge in [0.25, 0.3) is 0 Å². The van der Waals surface area contributed by atoms with Crippen molar-refractivity contribution in [1.82, 2.24) is 4.90 Å². The van der Waals surface area contributed by atoms with Gasteiger partial charge in [-0.25, -0.2) is 13.6 Å². The van der Waals surface area contributed by atoms with E-state index in [1.807, 2.05) is 20.8 Å². The first kappa shape index (κ1) is 17.4. The molecule has 1 saturated heterocycles. The SMILES string of the molecule is CC(C)(C)OC(=O)N1CCCC(C2(N)CCC(F)(F)CC2)C1. The molecule has 0 aromatic heterocycles. The van der Waals surface area contributed by atoms with Crippen LogP contribution in [0.1, 0.15) is 59.3 Å². The molecule has 22 heavy (non-hydrogen) atoms. The van der Waals surface area contributed by atoms with Crippen LogP contribution in [0.2, 0.25) is 0 Å². The summed E-state index contributed by atoms with van der Waals surface area (Å²) in [4.78, 5) is 13.9. The topological polar surface area (TPSA) is 55.6 Å². The number of nitrogens with zero attached hydrogens (tertiary/aromatic N) is 1. The summed E-state index contributed by atoms with van der Waals surface area (Å²) in [6.07, 6.45) is 1.76. The Labute approximate surface area is 131 Å². The summed E-state index contributed by atoms with van der Waals surface area (Å²) in [7, 11) is 0. The highest BCUT2D eigenvalue weighted by Gasteiger charge is 2.46. The third-order valence-electron chi connectivity index (χ3n) is 4.80. The minimum atomic E-state index is -2.58. The van der Waals surface area contributed by atoms with Gasteiger partial charge in [-0.2, -0.15) is 0 Å². The third-order valence-corrected chi connectivity index (χ3v) is 4.80. The van der Waals surface area contributed by atoms with Gasteiger partial charge in [0.05, 0.1) is 0 Å². The van der Waals surface area contributed by atoms with E-state index in [0.29, 0.717) is 25.9 Å². The molecule has 0 bridgehead atoms. The zero-order valence-corrected chi connectivity index (χ0v) is 13.8. The van der Waals surface area contributed by atoms with E-state index in [2.05, 4.69) is 0 Å². The van der Waals surface area contributed by atoms with Gasteiger partial charge in [0.2, 0.25) is 5.92 Å². The molecule has 0 spiro atoms. The lowest BCUT2D eigenvalue weighted by molar-refractivity contribution is -0.0645. The highest BCUT2D eigenvalue weighted by atomic mass is 19.3. The summed E-state index contributed by atoms with van der Waals surface area (Å²) in [6, 6.07) is 0. The summed E-state index contributed by atoms with van der Waals surface area (Å²) in [6.45, 7) is 6.66. The monoisotopic (exact) mass is 318 g/mol. The van der Waals surface area contributed by atoms with Crippen LogP contribution in [0.25, 0.3) is 0 Å². The zero-order chi connectivity index (χ0) is 16.6. The van der Waals surface area contributed by atoms with Crippen molar-refractivity contribution in [3.8, 4) is 0 Å². The van der Waals surface area contributed by atoms with Gasteiger partial charge in [-0.3, -0.25) is 0 Å². The quantitative estimate of drug-likeness (QED) is 0.804. The van der Waals surface area contributed by atoms with Crippen LogP contribution >= 0.6 is 0 Å². The van der Waals surface area contributed by atoms with Crippen molar-refractivity contribution < 1.29 is 18.3 Å². The fraction of sp³-hybridized carbons (Fsp3) is 0.938. The number of piperidine rings is 1. The predicted octanol–water partition coefficient (Wildman–Crippen LogP) is 3.54. The maximum absolute atomic E-state index is 13.4. The van der Waals surface area contributed by atoms with E-state index in [4.69, 9.17) is 10.5 Å². The van der Waals surface area contributed by atoms with E-state index in [9.17, 15) is 13.6 Å². The van der Waals surface area contributed by atoms with Gasteiger partial charge < -0.3 is 15.4 Å². The van der Waals surface area contributed by atoms with Crippen molar-refractivity contribution in [2.24, 2.45) is 11.7 Å². The molecule has 4 nitrogen and oxygen atoms in total. The molecule has 6 heteroatoms. The van der Waals surface area contributed by atoms with Gasteiger partial charge in [0.15, 0.2) is 0 Å². The molecule has 2 fully saturated rings. The number of halogens is 2. The van der Waals surface area contributed by atoms with Crippen molar-refractivity contribution in [3.63, 3.8) is 0 Å². The van der Waals surface area contributed by atoms with Crippen LogP contribution in [-0.4, -0.2) is 41.1 Å². The average molecular weight is 318 g/mol. The minimum absolute atomic E-state index is 0.0740. The number of ether oxygens (including phenoxy) is 1. The molecule has 0 aromatic carbocycles. The number of carbonyl (C=O) groups excluding carboxylic acids is 1. The lowest BCUT2D eigenvalue weighted by Crippen LogP contribution is -2.57. The number of hydrogen-bond donors (Lipinski definition) is 1. The van der Waals surface area contributed by atoms with Crippen LogP contribution in [0.15, 0.2) is 0 Å². The van der Waals surface area contributed by atoms with Gasteiger partial charge in [-0.05, 0) is 52.4 Å². The summed E-state index contributed by atoms with van der Waals surface area (Å²) >= 11 is 0. The smallest absolute Gasteiger partial charge is 0.410 e. The first-order valence-corrected chi connectivity index (χ1v) is 8.15. The molecular formula is C16H28F2N2O2. The number of carbonyl (C=O) groups is 1. The molecule has 1 aliphatic heterocycles. The number of rotatable bonds is 1. The third kappa shape index (κ3) is 4.31. The molecule has 1 amide bonds.